The summed E-state index contributed by atoms with van der Waals surface area (Å²) in [5.74, 6) is -0.828. The van der Waals surface area contributed by atoms with Crippen LogP contribution in [0.2, 0.25) is 77.1 Å². The Morgan fingerprint density at radius 3 is 1.34 bits per heavy atom. The number of carbonyl (C=O) groups is 1. The zero-order valence-electron chi connectivity index (χ0n) is 27.8. The second-order valence-electron chi connectivity index (χ2n) is 13.8. The third-order valence-corrected chi connectivity index (χ3v) is 20.3. The van der Waals surface area contributed by atoms with Crippen LogP contribution in [0.25, 0.3) is 0 Å². The van der Waals surface area contributed by atoms with Crippen molar-refractivity contribution in [1.29, 1.82) is 0 Å². The average Bonchev–Trinajstić information content (AvgIpc) is 2.70. The van der Waals surface area contributed by atoms with E-state index in [4.69, 9.17) is 17.5 Å². The topological polar surface area (TPSA) is 65.0 Å². The van der Waals surface area contributed by atoms with Crippen LogP contribution < -0.4 is 0 Å². The molecule has 228 valence electrons. The van der Waals surface area contributed by atoms with Crippen LogP contribution in [0.3, 0.4) is 0 Å². The molecule has 0 atom stereocenters. The first-order chi connectivity index (χ1) is 17.2. The molecule has 0 spiro atoms. The summed E-state index contributed by atoms with van der Waals surface area (Å²) in [6, 6.07) is 3.90. The van der Waals surface area contributed by atoms with Gasteiger partial charge in [0.2, 0.25) is 0 Å². The summed E-state index contributed by atoms with van der Waals surface area (Å²) in [4.78, 5) is 11.1. The van der Waals surface area contributed by atoms with Gasteiger partial charge in [-0.2, -0.15) is 0 Å². The standard InChI is InChI=1S/C15H42O3Si5.C13H24O2/c1-11-13-19-14-12-15-23(16-20(2,3)4,17-21(5,6)7)18-22(8,9)10;1-5-8-13(9-6-2,10-7-3)11(4)12(14)15/h11-15,19H2,1-10H3;4-10H2,1-3H3,(H,14,15). The van der Waals surface area contributed by atoms with Crippen molar-refractivity contribution in [3.8, 4) is 0 Å². The second-order valence-corrected chi connectivity index (χ2v) is 32.9. The minimum atomic E-state index is -2.55. The first-order valence-electron chi connectivity index (χ1n) is 15.2. The fourth-order valence-electron chi connectivity index (χ4n) is 5.05. The molecule has 0 unspecified atom stereocenters. The van der Waals surface area contributed by atoms with Gasteiger partial charge in [0.15, 0.2) is 25.0 Å². The molecule has 0 heterocycles. The van der Waals surface area contributed by atoms with Crippen LogP contribution in [-0.2, 0) is 17.1 Å². The molecule has 0 aromatic heterocycles. The van der Waals surface area contributed by atoms with E-state index in [0.29, 0.717) is 5.57 Å². The number of hydrogen-bond donors (Lipinski definition) is 1. The van der Waals surface area contributed by atoms with Gasteiger partial charge >= 0.3 is 14.8 Å². The number of carboxylic acid groups (broad SMARTS) is 1. The van der Waals surface area contributed by atoms with Gasteiger partial charge in [0.25, 0.3) is 0 Å². The molecule has 38 heavy (non-hydrogen) atoms. The van der Waals surface area contributed by atoms with E-state index in [0.717, 1.165) is 44.6 Å². The van der Waals surface area contributed by atoms with Crippen molar-refractivity contribution in [2.45, 2.75) is 156 Å². The average molecular weight is 623 g/mol. The Morgan fingerprint density at radius 2 is 1.08 bits per heavy atom. The van der Waals surface area contributed by atoms with Gasteiger partial charge in [-0.05, 0) is 78.2 Å². The van der Waals surface area contributed by atoms with Crippen LogP contribution in [0.1, 0.15) is 79.1 Å². The molecule has 0 aromatic carbocycles. The molecule has 0 aliphatic carbocycles. The summed E-state index contributed by atoms with van der Waals surface area (Å²) in [5, 5.41) is 9.10. The third kappa shape index (κ3) is 19.3. The first-order valence-corrected chi connectivity index (χ1v) is 29.4. The maximum atomic E-state index is 11.1. The highest BCUT2D eigenvalue weighted by atomic mass is 28.5. The molecule has 5 nitrogen and oxygen atoms in total. The Balaban J connectivity index is 0. The van der Waals surface area contributed by atoms with Crippen LogP contribution in [0.5, 0.6) is 0 Å². The van der Waals surface area contributed by atoms with E-state index >= 15 is 0 Å². The predicted octanol–water partition coefficient (Wildman–Crippen LogP) is 9.30. The highest BCUT2D eigenvalue weighted by molar-refractivity contribution is 6.90. The summed E-state index contributed by atoms with van der Waals surface area (Å²) >= 11 is 0. The molecule has 0 radical (unpaired) electrons. The molecule has 0 aliphatic heterocycles. The lowest BCUT2D eigenvalue weighted by atomic mass is 9.70. The smallest absolute Gasteiger partial charge is 0.469 e. The minimum absolute atomic E-state index is 0.106. The van der Waals surface area contributed by atoms with E-state index in [1.54, 1.807) is 0 Å². The van der Waals surface area contributed by atoms with E-state index in [9.17, 15) is 4.79 Å². The zero-order chi connectivity index (χ0) is 30.3. The number of carboxylic acids is 1. The fraction of sp³-hybridized carbons (Fsp3) is 0.893. The lowest BCUT2D eigenvalue weighted by Gasteiger charge is -2.43. The summed E-state index contributed by atoms with van der Waals surface area (Å²) in [6.07, 6.45) is 8.47. The predicted molar refractivity (Wildman–Crippen MR) is 181 cm³/mol. The number of rotatable bonds is 20. The van der Waals surface area contributed by atoms with Crippen molar-refractivity contribution in [3.63, 3.8) is 0 Å². The molecule has 0 saturated carbocycles. The van der Waals surface area contributed by atoms with Gasteiger partial charge in [-0.1, -0.05) is 78.5 Å². The van der Waals surface area contributed by atoms with Gasteiger partial charge in [-0.25, -0.2) is 4.79 Å². The summed E-state index contributed by atoms with van der Waals surface area (Å²) < 4.78 is 20.1. The molecule has 0 amide bonds. The maximum absolute atomic E-state index is 11.1. The van der Waals surface area contributed by atoms with Crippen molar-refractivity contribution in [1.82, 2.24) is 0 Å². The zero-order valence-corrected chi connectivity index (χ0v) is 33.2. The van der Waals surface area contributed by atoms with E-state index in [1.807, 2.05) is 0 Å². The highest BCUT2D eigenvalue weighted by Crippen LogP contribution is 2.41. The van der Waals surface area contributed by atoms with E-state index < -0.39 is 39.7 Å². The highest BCUT2D eigenvalue weighted by Gasteiger charge is 2.49. The van der Waals surface area contributed by atoms with Crippen molar-refractivity contribution in [3.05, 3.63) is 12.2 Å². The van der Waals surface area contributed by atoms with Crippen LogP contribution >= 0.6 is 0 Å². The molecule has 0 fully saturated rings. The Bertz CT molecular complexity index is 608. The van der Waals surface area contributed by atoms with E-state index in [2.05, 4.69) is 93.2 Å². The minimum Gasteiger partial charge on any atom is -0.478 e. The third-order valence-electron chi connectivity index (χ3n) is 6.06. The van der Waals surface area contributed by atoms with Gasteiger partial charge in [0, 0.05) is 26.6 Å². The van der Waals surface area contributed by atoms with E-state index in [1.165, 1.54) is 24.9 Å². The largest absolute Gasteiger partial charge is 0.478 e. The molecular formula is C28H66O5Si5. The number of aliphatic carboxylic acids is 1. The van der Waals surface area contributed by atoms with Gasteiger partial charge in [-0.15, -0.1) is 0 Å². The Hall–Kier alpha value is 0.174. The molecule has 10 heteroatoms. The maximum Gasteiger partial charge on any atom is 0.469 e. The van der Waals surface area contributed by atoms with Gasteiger partial charge in [0.1, 0.15) is 0 Å². The molecule has 0 saturated heterocycles. The van der Waals surface area contributed by atoms with Crippen molar-refractivity contribution < 1.29 is 22.2 Å². The molecule has 0 rings (SSSR count). The SMILES string of the molecule is C=C(C(=O)O)C(CCC)(CCC)CCC.CCC[SiH2]CCC[Si](O[Si](C)(C)C)(O[Si](C)(C)C)O[Si](C)(C)C. The molecule has 1 N–H and O–H groups in total. The van der Waals surface area contributed by atoms with Crippen LogP contribution in [0, 0.1) is 5.41 Å². The first kappa shape index (κ1) is 40.3. The lowest BCUT2D eigenvalue weighted by molar-refractivity contribution is -0.134. The summed E-state index contributed by atoms with van der Waals surface area (Å²) in [6.45, 7) is 32.8. The summed E-state index contributed by atoms with van der Waals surface area (Å²) in [7, 11) is -7.55. The van der Waals surface area contributed by atoms with Gasteiger partial charge in [-0.3, -0.25) is 0 Å². The van der Waals surface area contributed by atoms with E-state index in [-0.39, 0.29) is 14.9 Å². The summed E-state index contributed by atoms with van der Waals surface area (Å²) in [5.41, 5.74) is 0.248. The fourth-order valence-corrected chi connectivity index (χ4v) is 21.7. The van der Waals surface area contributed by atoms with Gasteiger partial charge < -0.3 is 17.5 Å². The second kappa shape index (κ2) is 18.6. The van der Waals surface area contributed by atoms with Crippen LogP contribution in [-0.4, -0.2) is 54.4 Å². The van der Waals surface area contributed by atoms with Crippen molar-refractivity contribution in [2.75, 3.05) is 0 Å². The monoisotopic (exact) mass is 622 g/mol. The molecule has 0 bridgehead atoms. The van der Waals surface area contributed by atoms with Gasteiger partial charge in [0.05, 0.1) is 0 Å². The van der Waals surface area contributed by atoms with Crippen molar-refractivity contribution in [2.24, 2.45) is 5.41 Å². The number of hydrogen-bond acceptors (Lipinski definition) is 4. The normalized spacial score (nSPS) is 13.5. The lowest BCUT2D eigenvalue weighted by Crippen LogP contribution is -2.60. The Morgan fingerprint density at radius 1 is 0.711 bits per heavy atom. The quantitative estimate of drug-likeness (QED) is 0.0832. The molecule has 0 aromatic rings. The molecule has 0 aliphatic rings. The van der Waals surface area contributed by atoms with Crippen LogP contribution in [0.4, 0.5) is 0 Å². The van der Waals surface area contributed by atoms with Crippen molar-refractivity contribution >= 4 is 49.2 Å². The van der Waals surface area contributed by atoms with Crippen LogP contribution in [0.15, 0.2) is 12.2 Å². The molecular weight excluding hydrogens is 557 g/mol. The Kier molecular flexibility index (Phi) is 19.7. The Labute approximate surface area is 244 Å².